The Hall–Kier alpha value is -0.530. The van der Waals surface area contributed by atoms with Gasteiger partial charge in [0, 0.05) is 5.02 Å². The number of aryl methyl sites for hydroxylation is 1. The summed E-state index contributed by atoms with van der Waals surface area (Å²) in [4.78, 5) is 0. The molecule has 13 heavy (non-hydrogen) atoms. The predicted octanol–water partition coefficient (Wildman–Crippen LogP) is 2.80. The van der Waals surface area contributed by atoms with Gasteiger partial charge in [0.1, 0.15) is 0 Å². The van der Waals surface area contributed by atoms with Gasteiger partial charge in [-0.05, 0) is 54.0 Å². The summed E-state index contributed by atoms with van der Waals surface area (Å²) >= 11 is 5.95. The predicted molar refractivity (Wildman–Crippen MR) is 52.0 cm³/mol. The lowest BCUT2D eigenvalue weighted by atomic mass is 10.00. The molecule has 1 aromatic carbocycles. The van der Waals surface area contributed by atoms with Gasteiger partial charge in [-0.3, -0.25) is 0 Å². The number of aliphatic hydroxyl groups is 1. The summed E-state index contributed by atoms with van der Waals surface area (Å²) in [5, 5.41) is 10.6. The number of benzene rings is 1. The van der Waals surface area contributed by atoms with Crippen molar-refractivity contribution < 1.29 is 5.11 Å². The van der Waals surface area contributed by atoms with Crippen molar-refractivity contribution in [2.45, 2.75) is 25.4 Å². The fourth-order valence-electron chi connectivity index (χ4n) is 2.66. The molecule has 1 aromatic rings. The molecule has 2 heteroatoms. The average Bonchev–Trinajstić information content (AvgIpc) is 2.76. The lowest BCUT2D eigenvalue weighted by molar-refractivity contribution is 0.160. The first kappa shape index (κ1) is 7.84. The second-order valence-corrected chi connectivity index (χ2v) is 4.61. The topological polar surface area (TPSA) is 20.2 Å². The molecule has 68 valence electrons. The summed E-state index contributed by atoms with van der Waals surface area (Å²) < 4.78 is 0. The van der Waals surface area contributed by atoms with Crippen LogP contribution in [-0.4, -0.2) is 5.11 Å². The molecular formula is C11H11ClO. The van der Waals surface area contributed by atoms with Gasteiger partial charge in [-0.15, -0.1) is 0 Å². The normalized spacial score (nSPS) is 34.2. The van der Waals surface area contributed by atoms with Crippen molar-refractivity contribution in [2.24, 2.45) is 5.92 Å². The van der Waals surface area contributed by atoms with Gasteiger partial charge >= 0.3 is 0 Å². The first-order chi connectivity index (χ1) is 6.18. The number of fused-ring (bicyclic) bond motifs is 3. The number of hydrogen-bond donors (Lipinski definition) is 1. The van der Waals surface area contributed by atoms with Crippen LogP contribution >= 0.6 is 11.6 Å². The third-order valence-corrected chi connectivity index (χ3v) is 3.54. The van der Waals surface area contributed by atoms with Crippen molar-refractivity contribution >= 4 is 11.6 Å². The molecule has 0 spiro atoms. The third-order valence-electron chi connectivity index (χ3n) is 3.32. The van der Waals surface area contributed by atoms with Crippen LogP contribution in [0.4, 0.5) is 0 Å². The number of halogens is 1. The summed E-state index contributed by atoms with van der Waals surface area (Å²) in [7, 11) is 0. The zero-order chi connectivity index (χ0) is 9.16. The highest BCUT2D eigenvalue weighted by Crippen LogP contribution is 2.62. The number of hydrogen-bond acceptors (Lipinski definition) is 1. The Kier molecular flexibility index (Phi) is 1.38. The molecule has 3 atom stereocenters. The maximum atomic E-state index is 9.88. The van der Waals surface area contributed by atoms with Crippen molar-refractivity contribution in [3.63, 3.8) is 0 Å². The Morgan fingerprint density at radius 3 is 3.00 bits per heavy atom. The SMILES string of the molecule is Cc1cc(Cl)cc2c1C1C[C@H]1[C@H]2O. The zero-order valence-corrected chi connectivity index (χ0v) is 8.17. The molecule has 2 aliphatic rings. The molecule has 0 bridgehead atoms. The molecule has 0 aromatic heterocycles. The van der Waals surface area contributed by atoms with E-state index in [9.17, 15) is 5.11 Å². The van der Waals surface area contributed by atoms with Crippen LogP contribution in [-0.2, 0) is 0 Å². The van der Waals surface area contributed by atoms with E-state index in [4.69, 9.17) is 11.6 Å². The van der Waals surface area contributed by atoms with Gasteiger partial charge in [-0.2, -0.15) is 0 Å². The van der Waals surface area contributed by atoms with Crippen LogP contribution in [0, 0.1) is 12.8 Å². The summed E-state index contributed by atoms with van der Waals surface area (Å²) in [6, 6.07) is 3.91. The van der Waals surface area contributed by atoms with Crippen molar-refractivity contribution in [1.82, 2.24) is 0 Å². The van der Waals surface area contributed by atoms with Crippen molar-refractivity contribution in [3.8, 4) is 0 Å². The molecule has 0 amide bonds. The van der Waals surface area contributed by atoms with Crippen LogP contribution in [0.5, 0.6) is 0 Å². The Labute approximate surface area is 82.3 Å². The standard InChI is InChI=1S/C11H11ClO/c1-5-2-6(12)3-9-10(5)7-4-8(7)11(9)13/h2-3,7-8,11,13H,4H2,1H3/t7?,8-,11-/m1/s1. The molecule has 0 aliphatic heterocycles. The largest absolute Gasteiger partial charge is 0.388 e. The van der Waals surface area contributed by atoms with E-state index in [0.29, 0.717) is 11.8 Å². The second-order valence-electron chi connectivity index (χ2n) is 4.18. The van der Waals surface area contributed by atoms with Crippen LogP contribution in [0.15, 0.2) is 12.1 Å². The summed E-state index contributed by atoms with van der Waals surface area (Å²) in [6.45, 7) is 2.08. The molecule has 1 unspecified atom stereocenters. The summed E-state index contributed by atoms with van der Waals surface area (Å²) in [5.41, 5.74) is 3.68. The Bertz CT molecular complexity index is 386. The van der Waals surface area contributed by atoms with E-state index in [1.54, 1.807) is 0 Å². The molecule has 1 nitrogen and oxygen atoms in total. The third kappa shape index (κ3) is 0.918. The first-order valence-corrected chi connectivity index (χ1v) is 5.04. The second kappa shape index (κ2) is 2.28. The monoisotopic (exact) mass is 194 g/mol. The molecule has 0 heterocycles. The Morgan fingerprint density at radius 1 is 1.46 bits per heavy atom. The molecule has 2 aliphatic carbocycles. The van der Waals surface area contributed by atoms with Gasteiger partial charge in [0.15, 0.2) is 0 Å². The Morgan fingerprint density at radius 2 is 2.23 bits per heavy atom. The van der Waals surface area contributed by atoms with Gasteiger partial charge < -0.3 is 5.11 Å². The fourth-order valence-corrected chi connectivity index (χ4v) is 2.94. The van der Waals surface area contributed by atoms with E-state index in [1.807, 2.05) is 12.1 Å². The molecular weight excluding hydrogens is 184 g/mol. The zero-order valence-electron chi connectivity index (χ0n) is 7.42. The lowest BCUT2D eigenvalue weighted by Gasteiger charge is -2.10. The smallest absolute Gasteiger partial charge is 0.0827 e. The highest BCUT2D eigenvalue weighted by Gasteiger charge is 2.52. The summed E-state index contributed by atoms with van der Waals surface area (Å²) in [5.74, 6) is 1.12. The highest BCUT2D eigenvalue weighted by molar-refractivity contribution is 6.30. The van der Waals surface area contributed by atoms with Gasteiger partial charge in [-0.25, -0.2) is 0 Å². The van der Waals surface area contributed by atoms with Gasteiger partial charge in [-0.1, -0.05) is 11.6 Å². The van der Waals surface area contributed by atoms with Gasteiger partial charge in [0.2, 0.25) is 0 Å². The average molecular weight is 195 g/mol. The van der Waals surface area contributed by atoms with Crippen LogP contribution in [0.3, 0.4) is 0 Å². The van der Waals surface area contributed by atoms with Crippen LogP contribution in [0.2, 0.25) is 5.02 Å². The van der Waals surface area contributed by atoms with Crippen molar-refractivity contribution in [2.75, 3.05) is 0 Å². The molecule has 1 saturated carbocycles. The molecule has 0 saturated heterocycles. The van der Waals surface area contributed by atoms with E-state index in [2.05, 4.69) is 6.92 Å². The minimum atomic E-state index is -0.252. The van der Waals surface area contributed by atoms with E-state index in [1.165, 1.54) is 11.1 Å². The van der Waals surface area contributed by atoms with Crippen LogP contribution in [0.25, 0.3) is 0 Å². The minimum Gasteiger partial charge on any atom is -0.388 e. The van der Waals surface area contributed by atoms with E-state index in [-0.39, 0.29) is 6.10 Å². The highest BCUT2D eigenvalue weighted by atomic mass is 35.5. The molecule has 1 N–H and O–H groups in total. The summed E-state index contributed by atoms with van der Waals surface area (Å²) in [6.07, 6.45) is 0.911. The quantitative estimate of drug-likeness (QED) is 0.674. The maximum Gasteiger partial charge on any atom is 0.0827 e. The van der Waals surface area contributed by atoms with Gasteiger partial charge in [0.25, 0.3) is 0 Å². The number of rotatable bonds is 0. The van der Waals surface area contributed by atoms with E-state index < -0.39 is 0 Å². The van der Waals surface area contributed by atoms with Crippen LogP contribution in [0.1, 0.15) is 35.1 Å². The maximum absolute atomic E-state index is 9.88. The van der Waals surface area contributed by atoms with E-state index in [0.717, 1.165) is 17.0 Å². The molecule has 1 fully saturated rings. The lowest BCUT2D eigenvalue weighted by Crippen LogP contribution is -1.97. The Balaban J connectivity index is 2.25. The van der Waals surface area contributed by atoms with Crippen LogP contribution < -0.4 is 0 Å². The van der Waals surface area contributed by atoms with Crippen molar-refractivity contribution in [1.29, 1.82) is 0 Å². The first-order valence-electron chi connectivity index (χ1n) is 4.66. The molecule has 3 rings (SSSR count). The van der Waals surface area contributed by atoms with Crippen molar-refractivity contribution in [3.05, 3.63) is 33.8 Å². The minimum absolute atomic E-state index is 0.252. The fraction of sp³-hybridized carbons (Fsp3) is 0.455. The van der Waals surface area contributed by atoms with Gasteiger partial charge in [0.05, 0.1) is 6.10 Å². The molecule has 0 radical (unpaired) electrons. The van der Waals surface area contributed by atoms with E-state index >= 15 is 0 Å². The number of aliphatic hydroxyl groups excluding tert-OH is 1.